The second kappa shape index (κ2) is 17.5. The van der Waals surface area contributed by atoms with E-state index in [9.17, 15) is 0 Å². The molecule has 0 bridgehead atoms. The molecule has 146 valence electrons. The van der Waals surface area contributed by atoms with Gasteiger partial charge in [-0.1, -0.05) is 0 Å². The van der Waals surface area contributed by atoms with Crippen molar-refractivity contribution in [2.45, 2.75) is 5.60 Å². The van der Waals surface area contributed by atoms with Gasteiger partial charge in [0.1, 0.15) is 5.60 Å². The number of hydrogen-bond acceptors (Lipinski definition) is 8. The zero-order valence-electron chi connectivity index (χ0n) is 15.5. The molecule has 0 atom stereocenters. The van der Waals surface area contributed by atoms with Crippen LogP contribution in [-0.4, -0.2) is 107 Å². The molecule has 0 fully saturated rings. The van der Waals surface area contributed by atoms with Gasteiger partial charge < -0.3 is 37.9 Å². The van der Waals surface area contributed by atoms with Crippen molar-refractivity contribution < 1.29 is 37.9 Å². The molecule has 0 aromatic rings. The zero-order valence-corrected chi connectivity index (χ0v) is 15.5. The summed E-state index contributed by atoms with van der Waals surface area (Å²) in [4.78, 5) is 0. The highest BCUT2D eigenvalue weighted by atomic mass is 16.6. The van der Waals surface area contributed by atoms with E-state index in [2.05, 4.69) is 0 Å². The van der Waals surface area contributed by atoms with Gasteiger partial charge in [0.2, 0.25) is 0 Å². The SMILES string of the molecule is COCCOCC(COCCOC)(COCCOC)OCCOC. The third kappa shape index (κ3) is 13.0. The summed E-state index contributed by atoms with van der Waals surface area (Å²) < 4.78 is 43.1. The molecule has 0 radical (unpaired) electrons. The molecule has 0 rings (SSSR count). The lowest BCUT2D eigenvalue weighted by atomic mass is 10.1. The Kier molecular flexibility index (Phi) is 17.3. The average Bonchev–Trinajstić information content (AvgIpc) is 2.60. The largest absolute Gasteiger partial charge is 0.382 e. The quantitative estimate of drug-likeness (QED) is 0.308. The molecule has 0 heterocycles. The molecule has 0 saturated heterocycles. The second-order valence-electron chi connectivity index (χ2n) is 5.16. The Labute approximate surface area is 145 Å². The summed E-state index contributed by atoms with van der Waals surface area (Å²) in [6.45, 7) is 4.88. The lowest BCUT2D eigenvalue weighted by Gasteiger charge is -2.33. The van der Waals surface area contributed by atoms with Crippen molar-refractivity contribution in [3.05, 3.63) is 0 Å². The van der Waals surface area contributed by atoms with Gasteiger partial charge in [0.25, 0.3) is 0 Å². The molecule has 0 spiro atoms. The van der Waals surface area contributed by atoms with Crippen LogP contribution in [0, 0.1) is 0 Å². The smallest absolute Gasteiger partial charge is 0.138 e. The average molecular weight is 354 g/mol. The number of hydrogen-bond donors (Lipinski definition) is 0. The Morgan fingerprint density at radius 3 is 1.12 bits per heavy atom. The normalized spacial score (nSPS) is 12.0. The maximum atomic E-state index is 5.99. The minimum Gasteiger partial charge on any atom is -0.382 e. The van der Waals surface area contributed by atoms with E-state index in [0.29, 0.717) is 72.7 Å². The van der Waals surface area contributed by atoms with Crippen molar-refractivity contribution in [1.82, 2.24) is 0 Å². The Morgan fingerprint density at radius 2 is 0.792 bits per heavy atom. The first kappa shape index (κ1) is 23.7. The summed E-state index contributed by atoms with van der Waals surface area (Å²) in [7, 11) is 6.53. The molecule has 0 aliphatic heterocycles. The van der Waals surface area contributed by atoms with Crippen LogP contribution in [0.5, 0.6) is 0 Å². The van der Waals surface area contributed by atoms with E-state index in [4.69, 9.17) is 37.9 Å². The molecule has 0 N–H and O–H groups in total. The van der Waals surface area contributed by atoms with E-state index in [0.717, 1.165) is 0 Å². The fraction of sp³-hybridized carbons (Fsp3) is 1.00. The van der Waals surface area contributed by atoms with Crippen molar-refractivity contribution in [3.63, 3.8) is 0 Å². The van der Waals surface area contributed by atoms with Gasteiger partial charge in [0, 0.05) is 28.4 Å². The van der Waals surface area contributed by atoms with E-state index >= 15 is 0 Å². The van der Waals surface area contributed by atoms with Gasteiger partial charge in [0.15, 0.2) is 0 Å². The summed E-state index contributed by atoms with van der Waals surface area (Å²) in [5, 5.41) is 0. The number of methoxy groups -OCH3 is 4. The van der Waals surface area contributed by atoms with Crippen molar-refractivity contribution in [3.8, 4) is 0 Å². The molecule has 0 aromatic carbocycles. The van der Waals surface area contributed by atoms with Crippen LogP contribution in [0.25, 0.3) is 0 Å². The second-order valence-corrected chi connectivity index (χ2v) is 5.16. The summed E-state index contributed by atoms with van der Waals surface area (Å²) in [6, 6.07) is 0. The van der Waals surface area contributed by atoms with Crippen LogP contribution in [0.4, 0.5) is 0 Å². The standard InChI is InChI=1S/C16H34O8/c1-17-5-9-21-13-16(24-12-8-20-4,14-22-10-6-18-2)15-23-11-7-19-3/h5-15H2,1-4H3. The molecule has 0 aliphatic carbocycles. The lowest BCUT2D eigenvalue weighted by Crippen LogP contribution is -2.48. The van der Waals surface area contributed by atoms with Crippen LogP contribution < -0.4 is 0 Å². The lowest BCUT2D eigenvalue weighted by molar-refractivity contribution is -0.176. The molecule has 24 heavy (non-hydrogen) atoms. The van der Waals surface area contributed by atoms with Gasteiger partial charge in [-0.2, -0.15) is 0 Å². The van der Waals surface area contributed by atoms with Gasteiger partial charge in [-0.05, 0) is 0 Å². The van der Waals surface area contributed by atoms with Crippen molar-refractivity contribution in [2.24, 2.45) is 0 Å². The van der Waals surface area contributed by atoms with Crippen LogP contribution in [0.15, 0.2) is 0 Å². The summed E-state index contributed by atoms with van der Waals surface area (Å²) >= 11 is 0. The van der Waals surface area contributed by atoms with Crippen molar-refractivity contribution >= 4 is 0 Å². The maximum absolute atomic E-state index is 5.99. The molecule has 0 aromatic heterocycles. The third-order valence-corrected chi connectivity index (χ3v) is 3.09. The van der Waals surface area contributed by atoms with Gasteiger partial charge in [-0.15, -0.1) is 0 Å². The molecule has 0 amide bonds. The fourth-order valence-electron chi connectivity index (χ4n) is 1.79. The predicted octanol–water partition coefficient (Wildman–Crippen LogP) is 0.377. The molecule has 8 heteroatoms. The minimum absolute atomic E-state index is 0.333. The van der Waals surface area contributed by atoms with E-state index in [1.54, 1.807) is 28.4 Å². The van der Waals surface area contributed by atoms with Crippen LogP contribution in [0.1, 0.15) is 0 Å². The number of rotatable bonds is 19. The zero-order chi connectivity index (χ0) is 17.9. The Bertz CT molecular complexity index is 221. The monoisotopic (exact) mass is 354 g/mol. The highest BCUT2D eigenvalue weighted by Gasteiger charge is 2.33. The summed E-state index contributed by atoms with van der Waals surface area (Å²) in [5.41, 5.74) is -0.715. The highest BCUT2D eigenvalue weighted by molar-refractivity contribution is 4.81. The van der Waals surface area contributed by atoms with Gasteiger partial charge in [-0.25, -0.2) is 0 Å². The summed E-state index contributed by atoms with van der Waals surface area (Å²) in [6.07, 6.45) is 0. The van der Waals surface area contributed by atoms with Gasteiger partial charge in [0.05, 0.1) is 72.7 Å². The van der Waals surface area contributed by atoms with Crippen molar-refractivity contribution in [1.29, 1.82) is 0 Å². The van der Waals surface area contributed by atoms with Crippen LogP contribution in [0.3, 0.4) is 0 Å². The summed E-state index contributed by atoms with van der Waals surface area (Å²) in [5.74, 6) is 0. The predicted molar refractivity (Wildman–Crippen MR) is 88.6 cm³/mol. The van der Waals surface area contributed by atoms with E-state index < -0.39 is 5.60 Å². The molecule has 0 aliphatic rings. The minimum atomic E-state index is -0.715. The number of ether oxygens (including phenoxy) is 8. The van der Waals surface area contributed by atoms with Crippen LogP contribution >= 0.6 is 0 Å². The fourth-order valence-corrected chi connectivity index (χ4v) is 1.79. The van der Waals surface area contributed by atoms with E-state index in [-0.39, 0.29) is 0 Å². The Balaban J connectivity index is 4.58. The van der Waals surface area contributed by atoms with Gasteiger partial charge >= 0.3 is 0 Å². The topological polar surface area (TPSA) is 73.8 Å². The first-order chi connectivity index (χ1) is 11.7. The Morgan fingerprint density at radius 1 is 0.458 bits per heavy atom. The molecule has 0 saturated carbocycles. The van der Waals surface area contributed by atoms with Crippen molar-refractivity contribution in [2.75, 3.05) is 101 Å². The van der Waals surface area contributed by atoms with Gasteiger partial charge in [-0.3, -0.25) is 0 Å². The molecule has 8 nitrogen and oxygen atoms in total. The first-order valence-electron chi connectivity index (χ1n) is 8.07. The van der Waals surface area contributed by atoms with E-state index in [1.165, 1.54) is 0 Å². The van der Waals surface area contributed by atoms with Crippen LogP contribution in [-0.2, 0) is 37.9 Å². The Hall–Kier alpha value is -0.320. The molecule has 0 unspecified atom stereocenters. The van der Waals surface area contributed by atoms with E-state index in [1.807, 2.05) is 0 Å². The molecular weight excluding hydrogens is 320 g/mol. The third-order valence-electron chi connectivity index (χ3n) is 3.09. The maximum Gasteiger partial charge on any atom is 0.138 e. The first-order valence-corrected chi connectivity index (χ1v) is 8.07. The molecular formula is C16H34O8. The highest BCUT2D eigenvalue weighted by Crippen LogP contribution is 2.15. The van der Waals surface area contributed by atoms with Crippen LogP contribution in [0.2, 0.25) is 0 Å².